The van der Waals surface area contributed by atoms with Crippen LogP contribution in [-0.4, -0.2) is 25.0 Å². The van der Waals surface area contributed by atoms with Crippen molar-refractivity contribution in [3.05, 3.63) is 14.7 Å². The molecule has 1 heterocycles. The van der Waals surface area contributed by atoms with Crippen LogP contribution < -0.4 is 4.72 Å². The molecule has 0 aromatic carbocycles. The van der Waals surface area contributed by atoms with E-state index in [4.69, 9.17) is 23.2 Å². The minimum Gasteiger partial charge on any atom is -0.481 e. The molecule has 5 nitrogen and oxygen atoms in total. The molecule has 1 aromatic rings. The number of thiophene rings is 1. The fourth-order valence-electron chi connectivity index (χ4n) is 1.29. The number of hydrogen-bond acceptors (Lipinski definition) is 4. The van der Waals surface area contributed by atoms with Crippen LogP contribution >= 0.6 is 34.5 Å². The smallest absolute Gasteiger partial charge is 0.310 e. The van der Waals surface area contributed by atoms with Gasteiger partial charge in [0.15, 0.2) is 0 Å². The molecule has 0 aliphatic rings. The van der Waals surface area contributed by atoms with E-state index < -0.39 is 26.9 Å². The van der Waals surface area contributed by atoms with Crippen LogP contribution in [0.5, 0.6) is 0 Å². The molecule has 0 unspecified atom stereocenters. The Balaban J connectivity index is 3.21. The third-order valence-electron chi connectivity index (χ3n) is 3.40. The molecule has 1 aromatic heterocycles. The van der Waals surface area contributed by atoms with Crippen LogP contribution in [0.15, 0.2) is 11.0 Å². The van der Waals surface area contributed by atoms with Gasteiger partial charge in [0.1, 0.15) is 9.23 Å². The summed E-state index contributed by atoms with van der Waals surface area (Å²) in [5.41, 5.74) is -2.54. The average molecular weight is 360 g/mol. The summed E-state index contributed by atoms with van der Waals surface area (Å²) in [6, 6.07) is 1.24. The second kappa shape index (κ2) is 5.46. The SMILES string of the molecule is CC(C)(NS(=O)(=O)c1cc(Cl)sc1Cl)C(C)(C)C(=O)O. The molecule has 2 N–H and O–H groups in total. The summed E-state index contributed by atoms with van der Waals surface area (Å²) in [4.78, 5) is 11.1. The number of carbonyl (C=O) groups is 1. The van der Waals surface area contributed by atoms with E-state index in [-0.39, 0.29) is 13.6 Å². The van der Waals surface area contributed by atoms with Crippen molar-refractivity contribution < 1.29 is 18.3 Å². The summed E-state index contributed by atoms with van der Waals surface area (Å²) in [6.45, 7) is 5.89. The monoisotopic (exact) mass is 359 g/mol. The van der Waals surface area contributed by atoms with E-state index in [0.717, 1.165) is 11.3 Å². The topological polar surface area (TPSA) is 83.5 Å². The lowest BCUT2D eigenvalue weighted by Gasteiger charge is -2.38. The van der Waals surface area contributed by atoms with Crippen molar-refractivity contribution in [2.45, 2.75) is 38.1 Å². The quantitative estimate of drug-likeness (QED) is 0.845. The van der Waals surface area contributed by atoms with Gasteiger partial charge in [0, 0.05) is 5.54 Å². The first-order valence-corrected chi connectivity index (χ1v) is 8.59. The van der Waals surface area contributed by atoms with E-state index in [1.165, 1.54) is 33.8 Å². The predicted molar refractivity (Wildman–Crippen MR) is 80.2 cm³/mol. The molecule has 0 saturated heterocycles. The van der Waals surface area contributed by atoms with Gasteiger partial charge in [-0.05, 0) is 33.8 Å². The summed E-state index contributed by atoms with van der Waals surface area (Å²) in [6.07, 6.45) is 0. The number of hydrogen-bond donors (Lipinski definition) is 2. The van der Waals surface area contributed by atoms with Crippen LogP contribution in [0.1, 0.15) is 27.7 Å². The molecule has 0 amide bonds. The van der Waals surface area contributed by atoms with Crippen molar-refractivity contribution in [2.75, 3.05) is 0 Å². The number of rotatable bonds is 5. The van der Waals surface area contributed by atoms with Gasteiger partial charge in [-0.3, -0.25) is 4.79 Å². The van der Waals surface area contributed by atoms with Crippen molar-refractivity contribution in [3.63, 3.8) is 0 Å². The minimum absolute atomic E-state index is 0.0337. The Morgan fingerprint density at radius 3 is 2.15 bits per heavy atom. The molecule has 9 heteroatoms. The third kappa shape index (κ3) is 3.28. The highest BCUT2D eigenvalue weighted by Crippen LogP contribution is 2.37. The zero-order valence-electron chi connectivity index (χ0n) is 11.3. The van der Waals surface area contributed by atoms with Gasteiger partial charge in [-0.2, -0.15) is 0 Å². The fourth-order valence-corrected chi connectivity index (χ4v) is 4.98. The Labute approximate surface area is 131 Å². The van der Waals surface area contributed by atoms with Crippen LogP contribution in [0.4, 0.5) is 0 Å². The van der Waals surface area contributed by atoms with Crippen LogP contribution in [0.2, 0.25) is 8.67 Å². The van der Waals surface area contributed by atoms with E-state index in [0.29, 0.717) is 0 Å². The predicted octanol–water partition coefficient (Wildman–Crippen LogP) is 3.22. The van der Waals surface area contributed by atoms with Crippen molar-refractivity contribution in [3.8, 4) is 0 Å². The first-order valence-electron chi connectivity index (χ1n) is 5.53. The number of carboxylic acid groups (broad SMARTS) is 1. The molecule has 20 heavy (non-hydrogen) atoms. The van der Waals surface area contributed by atoms with E-state index in [2.05, 4.69) is 4.72 Å². The highest BCUT2D eigenvalue weighted by Gasteiger charge is 2.46. The van der Waals surface area contributed by atoms with Crippen LogP contribution in [-0.2, 0) is 14.8 Å². The summed E-state index contributed by atoms with van der Waals surface area (Å²) >= 11 is 12.5. The lowest BCUT2D eigenvalue weighted by Crippen LogP contribution is -2.56. The molecule has 0 atom stereocenters. The Morgan fingerprint density at radius 2 is 1.80 bits per heavy atom. The standard InChI is InChI=1S/C11H15Cl2NO4S2/c1-10(2,9(15)16)11(3,4)14-20(17,18)6-5-7(12)19-8(6)13/h5,14H,1-4H3,(H,15,16). The van der Waals surface area contributed by atoms with Gasteiger partial charge in [-0.15, -0.1) is 11.3 Å². The molecule has 0 saturated carbocycles. The number of aliphatic carboxylic acids is 1. The number of halogens is 2. The fraction of sp³-hybridized carbons (Fsp3) is 0.545. The molecular formula is C11H15Cl2NO4S2. The van der Waals surface area contributed by atoms with Crippen molar-refractivity contribution >= 4 is 50.5 Å². The number of carboxylic acids is 1. The maximum absolute atomic E-state index is 12.3. The van der Waals surface area contributed by atoms with Crippen molar-refractivity contribution in [1.29, 1.82) is 0 Å². The normalized spacial score (nSPS) is 13.5. The largest absolute Gasteiger partial charge is 0.481 e. The number of nitrogens with one attached hydrogen (secondary N) is 1. The van der Waals surface area contributed by atoms with Crippen LogP contribution in [0, 0.1) is 5.41 Å². The second-order valence-corrected chi connectivity index (χ2v) is 9.29. The van der Waals surface area contributed by atoms with Crippen molar-refractivity contribution in [2.24, 2.45) is 5.41 Å². The molecule has 0 fully saturated rings. The first-order chi connectivity index (χ1) is 8.81. The van der Waals surface area contributed by atoms with E-state index in [1.54, 1.807) is 0 Å². The van der Waals surface area contributed by atoms with Crippen molar-refractivity contribution in [1.82, 2.24) is 4.72 Å². The molecule has 0 aliphatic heterocycles. The van der Waals surface area contributed by atoms with Gasteiger partial charge >= 0.3 is 5.97 Å². The number of sulfonamides is 1. The molecule has 0 radical (unpaired) electrons. The zero-order chi connectivity index (χ0) is 15.9. The molecule has 1 rings (SSSR count). The minimum atomic E-state index is -3.96. The summed E-state index contributed by atoms with van der Waals surface area (Å²) in [5, 5.41) is 9.22. The first kappa shape index (κ1) is 17.7. The Bertz CT molecular complexity index is 635. The van der Waals surface area contributed by atoms with Gasteiger partial charge in [0.05, 0.1) is 9.75 Å². The maximum Gasteiger partial charge on any atom is 0.310 e. The van der Waals surface area contributed by atoms with Gasteiger partial charge in [-0.1, -0.05) is 23.2 Å². The van der Waals surface area contributed by atoms with Crippen LogP contribution in [0.3, 0.4) is 0 Å². The third-order valence-corrected chi connectivity index (χ3v) is 6.81. The molecule has 114 valence electrons. The summed E-state index contributed by atoms with van der Waals surface area (Å²) in [7, 11) is -3.96. The second-order valence-electron chi connectivity index (χ2n) is 5.35. The highest BCUT2D eigenvalue weighted by molar-refractivity contribution is 7.89. The molecule has 0 spiro atoms. The lowest BCUT2D eigenvalue weighted by molar-refractivity contribution is -0.150. The Kier molecular flexibility index (Phi) is 4.83. The van der Waals surface area contributed by atoms with E-state index >= 15 is 0 Å². The van der Waals surface area contributed by atoms with Gasteiger partial charge in [0.2, 0.25) is 10.0 Å². The Morgan fingerprint density at radius 1 is 1.30 bits per heavy atom. The highest BCUT2D eigenvalue weighted by atomic mass is 35.5. The molecular weight excluding hydrogens is 345 g/mol. The lowest BCUT2D eigenvalue weighted by atomic mass is 9.75. The zero-order valence-corrected chi connectivity index (χ0v) is 14.5. The molecule has 0 aliphatic carbocycles. The van der Waals surface area contributed by atoms with E-state index in [1.807, 2.05) is 0 Å². The maximum atomic E-state index is 12.3. The van der Waals surface area contributed by atoms with Gasteiger partial charge in [-0.25, -0.2) is 13.1 Å². The van der Waals surface area contributed by atoms with Gasteiger partial charge in [0.25, 0.3) is 0 Å². The molecule has 0 bridgehead atoms. The Hall–Kier alpha value is -0.340. The van der Waals surface area contributed by atoms with Crippen LogP contribution in [0.25, 0.3) is 0 Å². The average Bonchev–Trinajstić information content (AvgIpc) is 2.56. The van der Waals surface area contributed by atoms with E-state index in [9.17, 15) is 18.3 Å². The summed E-state index contributed by atoms with van der Waals surface area (Å²) in [5.74, 6) is -1.11. The summed E-state index contributed by atoms with van der Waals surface area (Å²) < 4.78 is 27.3. The van der Waals surface area contributed by atoms with Gasteiger partial charge < -0.3 is 5.11 Å².